The van der Waals surface area contributed by atoms with Crippen LogP contribution in [0.25, 0.3) is 5.52 Å². The minimum Gasteiger partial charge on any atom is -0.326 e. The number of imidazole rings is 1. The van der Waals surface area contributed by atoms with E-state index < -0.39 is 18.2 Å². The van der Waals surface area contributed by atoms with Crippen LogP contribution in [-0.2, 0) is 6.42 Å². The Morgan fingerprint density at radius 3 is 2.81 bits per heavy atom. The smallest absolute Gasteiger partial charge is 0.326 e. The Morgan fingerprint density at radius 2 is 2.19 bits per heavy atom. The highest BCUT2D eigenvalue weighted by Crippen LogP contribution is 2.21. The number of nitrogens with one attached hydrogen (secondary N) is 1. The molecule has 0 aliphatic rings. The van der Waals surface area contributed by atoms with E-state index in [1.54, 1.807) is 0 Å². The molecule has 1 N–H and O–H groups in total. The molecule has 0 unspecified atom stereocenters. The molecule has 0 aromatic carbocycles. The molecule has 2 rings (SSSR count). The van der Waals surface area contributed by atoms with E-state index in [0.717, 1.165) is 0 Å². The second-order valence-corrected chi connectivity index (χ2v) is 3.41. The maximum absolute atomic E-state index is 12.2. The van der Waals surface area contributed by atoms with Crippen LogP contribution >= 0.6 is 0 Å². The van der Waals surface area contributed by atoms with E-state index in [1.807, 2.05) is 0 Å². The zero-order valence-corrected chi connectivity index (χ0v) is 8.30. The summed E-state index contributed by atoms with van der Waals surface area (Å²) in [6.45, 7) is 1.50. The fraction of sp³-hybridized carbons (Fsp3) is 0.333. The van der Waals surface area contributed by atoms with E-state index in [2.05, 4.69) is 9.97 Å². The van der Waals surface area contributed by atoms with Crippen molar-refractivity contribution >= 4 is 5.52 Å². The molecule has 0 fully saturated rings. The van der Waals surface area contributed by atoms with Crippen molar-refractivity contribution in [3.63, 3.8) is 0 Å². The Hall–Kier alpha value is -1.79. The molecule has 0 bridgehead atoms. The standard InChI is InChI=1S/C9H8F3N3O/c1-5-7-8(16)13-2-3-15(7)6(14-5)4-9(10,11)12/h2-3H,4H2,1H3,(H,13,16). The molecule has 0 aliphatic heterocycles. The Labute approximate surface area is 87.7 Å². The molecule has 0 radical (unpaired) electrons. The van der Waals surface area contributed by atoms with Crippen LogP contribution in [0.2, 0.25) is 0 Å². The van der Waals surface area contributed by atoms with Gasteiger partial charge in [-0.1, -0.05) is 0 Å². The maximum Gasteiger partial charge on any atom is 0.396 e. The summed E-state index contributed by atoms with van der Waals surface area (Å²) in [4.78, 5) is 17.5. The van der Waals surface area contributed by atoms with Gasteiger partial charge >= 0.3 is 6.18 Å². The second-order valence-electron chi connectivity index (χ2n) is 3.41. The fourth-order valence-electron chi connectivity index (χ4n) is 1.60. The number of alkyl halides is 3. The Kier molecular flexibility index (Phi) is 2.25. The number of fused-ring (bicyclic) bond motifs is 1. The molecule has 0 atom stereocenters. The van der Waals surface area contributed by atoms with Crippen molar-refractivity contribution in [1.29, 1.82) is 0 Å². The SMILES string of the molecule is Cc1nc(CC(F)(F)F)n2cc[nH]c(=O)c12. The summed E-state index contributed by atoms with van der Waals surface area (Å²) in [7, 11) is 0. The van der Waals surface area contributed by atoms with Gasteiger partial charge in [-0.25, -0.2) is 4.98 Å². The molecular formula is C9H8F3N3O. The largest absolute Gasteiger partial charge is 0.396 e. The number of hydrogen-bond donors (Lipinski definition) is 1. The number of aryl methyl sites for hydroxylation is 1. The molecular weight excluding hydrogens is 223 g/mol. The van der Waals surface area contributed by atoms with Crippen LogP contribution in [0.1, 0.15) is 11.5 Å². The van der Waals surface area contributed by atoms with Crippen molar-refractivity contribution < 1.29 is 13.2 Å². The summed E-state index contributed by atoms with van der Waals surface area (Å²) in [5.41, 5.74) is 0.00349. The van der Waals surface area contributed by atoms with Gasteiger partial charge in [-0.3, -0.25) is 9.20 Å². The van der Waals surface area contributed by atoms with Crippen molar-refractivity contribution in [3.8, 4) is 0 Å². The van der Waals surface area contributed by atoms with Crippen LogP contribution in [0.5, 0.6) is 0 Å². The van der Waals surface area contributed by atoms with Crippen molar-refractivity contribution in [1.82, 2.24) is 14.4 Å². The molecule has 2 aromatic rings. The van der Waals surface area contributed by atoms with Gasteiger partial charge in [0.2, 0.25) is 0 Å². The molecule has 0 aliphatic carbocycles. The number of aromatic amines is 1. The minimum atomic E-state index is -4.34. The van der Waals surface area contributed by atoms with Gasteiger partial charge in [0, 0.05) is 12.4 Å². The summed E-state index contributed by atoms with van der Waals surface area (Å²) in [5, 5.41) is 0. The molecule has 2 aromatic heterocycles. The predicted octanol–water partition coefficient (Wildman–Crippen LogP) is 1.44. The summed E-state index contributed by atoms with van der Waals surface area (Å²) in [6.07, 6.45) is -2.84. The zero-order chi connectivity index (χ0) is 11.9. The summed E-state index contributed by atoms with van der Waals surface area (Å²) in [5.74, 6) is -0.175. The maximum atomic E-state index is 12.2. The lowest BCUT2D eigenvalue weighted by molar-refractivity contribution is -0.128. The van der Waals surface area contributed by atoms with E-state index in [-0.39, 0.29) is 11.3 Å². The van der Waals surface area contributed by atoms with Crippen LogP contribution < -0.4 is 5.56 Å². The van der Waals surface area contributed by atoms with Gasteiger partial charge in [0.15, 0.2) is 0 Å². The van der Waals surface area contributed by atoms with E-state index in [9.17, 15) is 18.0 Å². The summed E-state index contributed by atoms with van der Waals surface area (Å²) >= 11 is 0. The van der Waals surface area contributed by atoms with Gasteiger partial charge < -0.3 is 4.98 Å². The summed E-state index contributed by atoms with van der Waals surface area (Å²) in [6, 6.07) is 0. The van der Waals surface area contributed by atoms with Crippen LogP contribution in [0, 0.1) is 6.92 Å². The molecule has 4 nitrogen and oxygen atoms in total. The normalized spacial score (nSPS) is 12.2. The second kappa shape index (κ2) is 3.36. The Balaban J connectivity index is 2.65. The molecule has 0 saturated heterocycles. The molecule has 0 amide bonds. The first kappa shape index (κ1) is 10.7. The van der Waals surface area contributed by atoms with Crippen molar-refractivity contribution in [2.45, 2.75) is 19.5 Å². The van der Waals surface area contributed by atoms with E-state index >= 15 is 0 Å². The molecule has 7 heteroatoms. The number of rotatable bonds is 1. The number of halogens is 3. The van der Waals surface area contributed by atoms with Crippen LogP contribution in [0.15, 0.2) is 17.2 Å². The van der Waals surface area contributed by atoms with Gasteiger partial charge in [-0.05, 0) is 6.92 Å². The lowest BCUT2D eigenvalue weighted by Gasteiger charge is -2.04. The number of aromatic nitrogens is 3. The monoisotopic (exact) mass is 231 g/mol. The molecule has 0 saturated carbocycles. The third-order valence-electron chi connectivity index (χ3n) is 2.17. The first-order valence-electron chi connectivity index (χ1n) is 4.50. The topological polar surface area (TPSA) is 50.2 Å². The molecule has 86 valence electrons. The lowest BCUT2D eigenvalue weighted by atomic mass is 10.4. The van der Waals surface area contributed by atoms with Crippen molar-refractivity contribution in [3.05, 3.63) is 34.3 Å². The number of hydrogen-bond acceptors (Lipinski definition) is 2. The molecule has 2 heterocycles. The zero-order valence-electron chi connectivity index (χ0n) is 8.30. The van der Waals surface area contributed by atoms with Crippen LogP contribution in [0.4, 0.5) is 13.2 Å². The van der Waals surface area contributed by atoms with Crippen molar-refractivity contribution in [2.75, 3.05) is 0 Å². The van der Waals surface area contributed by atoms with Gasteiger partial charge in [-0.15, -0.1) is 0 Å². The summed E-state index contributed by atoms with van der Waals surface area (Å²) < 4.78 is 37.9. The Bertz CT molecular complexity index is 582. The van der Waals surface area contributed by atoms with Crippen LogP contribution in [-0.4, -0.2) is 20.5 Å². The van der Waals surface area contributed by atoms with E-state index in [4.69, 9.17) is 0 Å². The highest BCUT2D eigenvalue weighted by molar-refractivity contribution is 5.50. The average Bonchev–Trinajstić information content (AvgIpc) is 2.42. The Morgan fingerprint density at radius 1 is 1.50 bits per heavy atom. The fourth-order valence-corrected chi connectivity index (χ4v) is 1.60. The first-order valence-corrected chi connectivity index (χ1v) is 4.50. The molecule has 16 heavy (non-hydrogen) atoms. The third-order valence-corrected chi connectivity index (χ3v) is 2.17. The van der Waals surface area contributed by atoms with Crippen LogP contribution in [0.3, 0.4) is 0 Å². The number of H-pyrrole nitrogens is 1. The van der Waals surface area contributed by atoms with Gasteiger partial charge in [0.25, 0.3) is 5.56 Å². The van der Waals surface area contributed by atoms with Gasteiger partial charge in [0.1, 0.15) is 17.8 Å². The minimum absolute atomic E-state index is 0.154. The van der Waals surface area contributed by atoms with E-state index in [0.29, 0.717) is 5.69 Å². The molecule has 0 spiro atoms. The third kappa shape index (κ3) is 1.80. The van der Waals surface area contributed by atoms with Gasteiger partial charge in [-0.2, -0.15) is 13.2 Å². The average molecular weight is 231 g/mol. The number of nitrogens with zero attached hydrogens (tertiary/aromatic N) is 2. The highest BCUT2D eigenvalue weighted by Gasteiger charge is 2.30. The highest BCUT2D eigenvalue weighted by atomic mass is 19.4. The van der Waals surface area contributed by atoms with Crippen molar-refractivity contribution in [2.24, 2.45) is 0 Å². The lowest BCUT2D eigenvalue weighted by Crippen LogP contribution is -2.15. The van der Waals surface area contributed by atoms with Gasteiger partial charge in [0.05, 0.1) is 5.69 Å². The predicted molar refractivity (Wildman–Crippen MR) is 50.3 cm³/mol. The first-order chi connectivity index (χ1) is 7.38. The quantitative estimate of drug-likeness (QED) is 0.807. The van der Waals surface area contributed by atoms with E-state index in [1.165, 1.54) is 23.7 Å².